The van der Waals surface area contributed by atoms with Crippen LogP contribution in [0.5, 0.6) is 0 Å². The zero-order valence-electron chi connectivity index (χ0n) is 5.86. The lowest BCUT2D eigenvalue weighted by molar-refractivity contribution is 0.506. The van der Waals surface area contributed by atoms with Gasteiger partial charge in [0.25, 0.3) is 0 Å². The van der Waals surface area contributed by atoms with E-state index in [9.17, 15) is 8.78 Å². The predicted molar refractivity (Wildman–Crippen MR) is 43.2 cm³/mol. The highest BCUT2D eigenvalue weighted by atomic mass is 32.1. The van der Waals surface area contributed by atoms with Gasteiger partial charge in [0.1, 0.15) is 0 Å². The van der Waals surface area contributed by atoms with Crippen molar-refractivity contribution in [1.82, 2.24) is 0 Å². The number of anilines is 1. The van der Waals surface area contributed by atoms with Crippen LogP contribution in [0.3, 0.4) is 0 Å². The van der Waals surface area contributed by atoms with Gasteiger partial charge in [-0.3, -0.25) is 0 Å². The van der Waals surface area contributed by atoms with Crippen molar-refractivity contribution in [2.24, 2.45) is 0 Å². The van der Waals surface area contributed by atoms with Gasteiger partial charge in [-0.1, -0.05) is 0 Å². The number of rotatable bonds is 1. The summed E-state index contributed by atoms with van der Waals surface area (Å²) in [5.74, 6) is -1.75. The zero-order chi connectivity index (χ0) is 8.43. The standard InChI is InChI=1S/C7H7F2NS/c1-10-6-2-4(8)5(9)3-7(6)11/h2-3,10-11H,1H3. The van der Waals surface area contributed by atoms with Crippen molar-refractivity contribution in [1.29, 1.82) is 0 Å². The Morgan fingerprint density at radius 3 is 2.36 bits per heavy atom. The fourth-order valence-electron chi connectivity index (χ4n) is 0.737. The van der Waals surface area contributed by atoms with Crippen molar-refractivity contribution >= 4 is 18.3 Å². The van der Waals surface area contributed by atoms with Gasteiger partial charge in [0.05, 0.1) is 5.69 Å². The lowest BCUT2D eigenvalue weighted by Crippen LogP contribution is -1.93. The molecule has 0 aliphatic rings. The van der Waals surface area contributed by atoms with Gasteiger partial charge in [-0.15, -0.1) is 12.6 Å². The fourth-order valence-corrected chi connectivity index (χ4v) is 1.03. The molecule has 0 saturated carbocycles. The Hall–Kier alpha value is -0.770. The minimum Gasteiger partial charge on any atom is -0.387 e. The maximum Gasteiger partial charge on any atom is 0.160 e. The summed E-state index contributed by atoms with van der Waals surface area (Å²) in [6, 6.07) is 2.10. The molecule has 1 aromatic carbocycles. The Morgan fingerprint density at radius 2 is 1.82 bits per heavy atom. The second-order valence-electron chi connectivity index (χ2n) is 2.03. The second kappa shape index (κ2) is 3.09. The molecule has 1 aromatic rings. The van der Waals surface area contributed by atoms with Crippen LogP contribution in [0.1, 0.15) is 0 Å². The molecule has 1 N–H and O–H groups in total. The number of benzene rings is 1. The van der Waals surface area contributed by atoms with Crippen molar-refractivity contribution in [3.8, 4) is 0 Å². The zero-order valence-corrected chi connectivity index (χ0v) is 6.75. The Balaban J connectivity index is 3.21. The lowest BCUT2D eigenvalue weighted by atomic mass is 10.3. The molecule has 0 aliphatic carbocycles. The quantitative estimate of drug-likeness (QED) is 0.624. The molecule has 60 valence electrons. The third-order valence-electron chi connectivity index (χ3n) is 1.31. The van der Waals surface area contributed by atoms with Gasteiger partial charge in [0.15, 0.2) is 11.6 Å². The summed E-state index contributed by atoms with van der Waals surface area (Å²) in [5, 5.41) is 2.68. The summed E-state index contributed by atoms with van der Waals surface area (Å²) in [5.41, 5.74) is 0.479. The predicted octanol–water partition coefficient (Wildman–Crippen LogP) is 2.30. The van der Waals surface area contributed by atoms with Gasteiger partial charge in [-0.2, -0.15) is 0 Å². The van der Waals surface area contributed by atoms with E-state index in [-0.39, 0.29) is 0 Å². The minimum absolute atomic E-state index is 0.395. The fraction of sp³-hybridized carbons (Fsp3) is 0.143. The van der Waals surface area contributed by atoms with Crippen molar-refractivity contribution in [3.05, 3.63) is 23.8 Å². The van der Waals surface area contributed by atoms with E-state index in [1.54, 1.807) is 7.05 Å². The average molecular weight is 175 g/mol. The van der Waals surface area contributed by atoms with Gasteiger partial charge in [-0.25, -0.2) is 8.78 Å². The van der Waals surface area contributed by atoms with Crippen LogP contribution in [-0.4, -0.2) is 7.05 Å². The number of hydrogen-bond acceptors (Lipinski definition) is 2. The van der Waals surface area contributed by atoms with Crippen molar-refractivity contribution in [3.63, 3.8) is 0 Å². The van der Waals surface area contributed by atoms with E-state index in [0.717, 1.165) is 12.1 Å². The molecule has 4 heteroatoms. The number of thiol groups is 1. The van der Waals surface area contributed by atoms with E-state index >= 15 is 0 Å². The van der Waals surface area contributed by atoms with Gasteiger partial charge < -0.3 is 5.32 Å². The summed E-state index contributed by atoms with van der Waals surface area (Å²) >= 11 is 3.93. The third kappa shape index (κ3) is 1.63. The number of nitrogens with one attached hydrogen (secondary N) is 1. The number of hydrogen-bond donors (Lipinski definition) is 2. The van der Waals surface area contributed by atoms with Crippen LogP contribution >= 0.6 is 12.6 Å². The molecule has 0 spiro atoms. The highest BCUT2D eigenvalue weighted by Crippen LogP contribution is 2.22. The van der Waals surface area contributed by atoms with Crippen LogP contribution in [0, 0.1) is 11.6 Å². The Bertz CT molecular complexity index is 275. The van der Waals surface area contributed by atoms with E-state index in [1.807, 2.05) is 0 Å². The molecule has 0 unspecified atom stereocenters. The summed E-state index contributed by atoms with van der Waals surface area (Å²) in [6.07, 6.45) is 0. The average Bonchev–Trinajstić information content (AvgIpc) is 1.97. The van der Waals surface area contributed by atoms with E-state index < -0.39 is 11.6 Å². The van der Waals surface area contributed by atoms with Crippen LogP contribution < -0.4 is 5.32 Å². The maximum atomic E-state index is 12.5. The molecule has 0 atom stereocenters. The van der Waals surface area contributed by atoms with Crippen LogP contribution in [0.4, 0.5) is 14.5 Å². The molecule has 0 bridgehead atoms. The van der Waals surface area contributed by atoms with Gasteiger partial charge in [0.2, 0.25) is 0 Å². The van der Waals surface area contributed by atoms with Crippen molar-refractivity contribution in [2.45, 2.75) is 4.90 Å². The Morgan fingerprint density at radius 1 is 1.27 bits per heavy atom. The molecule has 0 saturated heterocycles. The Kier molecular flexibility index (Phi) is 2.34. The summed E-state index contributed by atoms with van der Waals surface area (Å²) in [7, 11) is 1.62. The monoisotopic (exact) mass is 175 g/mol. The SMILES string of the molecule is CNc1cc(F)c(F)cc1S. The van der Waals surface area contributed by atoms with E-state index in [4.69, 9.17) is 0 Å². The normalized spacial score (nSPS) is 9.82. The number of halogens is 2. The first kappa shape index (κ1) is 8.33. The molecular weight excluding hydrogens is 168 g/mol. The van der Waals surface area contributed by atoms with Crippen LogP contribution in [-0.2, 0) is 0 Å². The topological polar surface area (TPSA) is 12.0 Å². The van der Waals surface area contributed by atoms with E-state index in [1.165, 1.54) is 0 Å². The molecule has 0 amide bonds. The lowest BCUT2D eigenvalue weighted by Gasteiger charge is -2.03. The maximum absolute atomic E-state index is 12.5. The third-order valence-corrected chi connectivity index (χ3v) is 1.68. The van der Waals surface area contributed by atoms with Crippen LogP contribution in [0.25, 0.3) is 0 Å². The molecule has 1 rings (SSSR count). The van der Waals surface area contributed by atoms with E-state index in [2.05, 4.69) is 17.9 Å². The molecule has 0 fully saturated rings. The van der Waals surface area contributed by atoms with Crippen LogP contribution in [0.2, 0.25) is 0 Å². The first-order valence-corrected chi connectivity index (χ1v) is 3.45. The molecule has 0 radical (unpaired) electrons. The highest BCUT2D eigenvalue weighted by Gasteiger charge is 2.05. The summed E-state index contributed by atoms with van der Waals surface area (Å²) in [4.78, 5) is 0.395. The molecule has 1 nitrogen and oxygen atoms in total. The summed E-state index contributed by atoms with van der Waals surface area (Å²) < 4.78 is 24.9. The van der Waals surface area contributed by atoms with Gasteiger partial charge >= 0.3 is 0 Å². The summed E-state index contributed by atoms with van der Waals surface area (Å²) in [6.45, 7) is 0. The van der Waals surface area contributed by atoms with Crippen LogP contribution in [0.15, 0.2) is 17.0 Å². The molecular formula is C7H7F2NS. The smallest absolute Gasteiger partial charge is 0.160 e. The van der Waals surface area contributed by atoms with Gasteiger partial charge in [0, 0.05) is 18.0 Å². The van der Waals surface area contributed by atoms with Crippen molar-refractivity contribution in [2.75, 3.05) is 12.4 Å². The molecule has 0 aliphatic heterocycles. The first-order chi connectivity index (χ1) is 5.15. The first-order valence-electron chi connectivity index (χ1n) is 3.01. The second-order valence-corrected chi connectivity index (χ2v) is 2.52. The molecule has 0 heterocycles. The Labute approximate surface area is 68.8 Å². The molecule has 11 heavy (non-hydrogen) atoms. The largest absolute Gasteiger partial charge is 0.387 e. The highest BCUT2D eigenvalue weighted by molar-refractivity contribution is 7.80. The van der Waals surface area contributed by atoms with E-state index in [0.29, 0.717) is 10.6 Å². The van der Waals surface area contributed by atoms with Gasteiger partial charge in [-0.05, 0) is 6.07 Å². The van der Waals surface area contributed by atoms with Crippen molar-refractivity contribution < 1.29 is 8.78 Å². The minimum atomic E-state index is -0.881. The molecule has 0 aromatic heterocycles.